The number of esters is 3. The van der Waals surface area contributed by atoms with Gasteiger partial charge in [-0.25, -0.2) is 14.4 Å². The maximum Gasteiger partial charge on any atom is 0.348 e. The Morgan fingerprint density at radius 1 is 1.12 bits per heavy atom. The van der Waals surface area contributed by atoms with Crippen molar-refractivity contribution in [2.24, 2.45) is 0 Å². The molecule has 2 aliphatic heterocycles. The Morgan fingerprint density at radius 2 is 1.84 bits per heavy atom. The fraction of sp³-hybridized carbons (Fsp3) is 0.536. The van der Waals surface area contributed by atoms with Gasteiger partial charge in [-0.2, -0.15) is 0 Å². The zero-order valence-corrected chi connectivity index (χ0v) is 23.2. The molecule has 2 heterocycles. The van der Waals surface area contributed by atoms with E-state index >= 15 is 0 Å². The van der Waals surface area contributed by atoms with Crippen LogP contribution >= 0.6 is 0 Å². The Kier molecular flexibility index (Phi) is 7.61. The van der Waals surface area contributed by atoms with Crippen LogP contribution in [0.4, 0.5) is 0 Å². The number of carboxylic acid groups (broad SMARTS) is 2. The number of ether oxygens (including phenoxy) is 4. The fourth-order valence-electron chi connectivity index (χ4n) is 6.73. The number of benzene rings is 1. The molecule has 15 nitrogen and oxygen atoms in total. The van der Waals surface area contributed by atoms with E-state index in [-0.39, 0.29) is 29.7 Å². The lowest BCUT2D eigenvalue weighted by atomic mass is 9.50. The summed E-state index contributed by atoms with van der Waals surface area (Å²) in [5.74, 6) is -6.96. The van der Waals surface area contributed by atoms with Gasteiger partial charge in [-0.1, -0.05) is 6.07 Å². The molecule has 0 radical (unpaired) electrons. The van der Waals surface area contributed by atoms with Crippen molar-refractivity contribution in [2.45, 2.75) is 80.5 Å². The minimum Gasteiger partial charge on any atom is -0.504 e. The van der Waals surface area contributed by atoms with E-state index in [1.165, 1.54) is 12.1 Å². The monoisotopic (exact) mass is 605 g/mol. The second-order valence-corrected chi connectivity index (χ2v) is 11.2. The fourth-order valence-corrected chi connectivity index (χ4v) is 6.73. The second-order valence-electron chi connectivity index (χ2n) is 11.2. The molecule has 5 rings (SSSR count). The molecule has 1 aromatic rings. The Balaban J connectivity index is 1.26. The summed E-state index contributed by atoms with van der Waals surface area (Å²) in [4.78, 5) is 61.3. The number of phenols is 1. The number of hydrogen-bond acceptors (Lipinski definition) is 13. The van der Waals surface area contributed by atoms with Crippen LogP contribution in [0.15, 0.2) is 24.0 Å². The lowest BCUT2D eigenvalue weighted by Gasteiger charge is -2.61. The topological polar surface area (TPSA) is 227 Å². The highest BCUT2D eigenvalue weighted by Gasteiger charge is 2.72. The van der Waals surface area contributed by atoms with Crippen LogP contribution in [0.1, 0.15) is 43.7 Å². The van der Waals surface area contributed by atoms with E-state index in [0.29, 0.717) is 24.9 Å². The molecular weight excluding hydrogens is 574 g/mol. The maximum atomic E-state index is 12.8. The quantitative estimate of drug-likeness (QED) is 0.165. The number of likely N-dealkylation sites (N-methyl/N-ethyl adjacent to an activating group) is 1. The summed E-state index contributed by atoms with van der Waals surface area (Å²) in [5.41, 5.74) is -0.709. The highest BCUT2D eigenvalue weighted by atomic mass is 16.6. The molecular formula is C28H31NO14. The third-order valence-corrected chi connectivity index (χ3v) is 8.74. The molecule has 232 valence electrons. The van der Waals surface area contributed by atoms with Crippen LogP contribution in [0.2, 0.25) is 0 Å². The van der Waals surface area contributed by atoms with Gasteiger partial charge in [0, 0.05) is 18.0 Å². The molecule has 0 unspecified atom stereocenters. The first-order chi connectivity index (χ1) is 20.2. The van der Waals surface area contributed by atoms with Crippen molar-refractivity contribution in [1.82, 2.24) is 4.90 Å². The number of phenolic OH excluding ortho intramolecular Hbond substituents is 1. The lowest BCUT2D eigenvalue weighted by Crippen LogP contribution is -2.74. The van der Waals surface area contributed by atoms with Crippen molar-refractivity contribution in [3.05, 3.63) is 35.1 Å². The number of carbonyl (C=O) groups excluding carboxylic acids is 3. The summed E-state index contributed by atoms with van der Waals surface area (Å²) in [7, 11) is 1.92. The predicted octanol–water partition coefficient (Wildman–Crippen LogP) is -0.633. The minimum absolute atomic E-state index is 0.0529. The molecule has 15 heteroatoms. The van der Waals surface area contributed by atoms with E-state index in [1.807, 2.05) is 7.05 Å². The van der Waals surface area contributed by atoms with Crippen molar-refractivity contribution >= 4 is 29.8 Å². The molecule has 2 aliphatic carbocycles. The lowest BCUT2D eigenvalue weighted by molar-refractivity contribution is -0.181. The normalized spacial score (nSPS) is 28.7. The molecule has 5 N–H and O–H groups in total. The number of aliphatic hydroxyl groups is 2. The number of carboxylic acids is 2. The number of likely N-dealkylation sites (tertiary alicyclic amines) is 1. The predicted molar refractivity (Wildman–Crippen MR) is 139 cm³/mol. The van der Waals surface area contributed by atoms with Gasteiger partial charge in [-0.05, 0) is 51.1 Å². The van der Waals surface area contributed by atoms with Crippen LogP contribution in [0.3, 0.4) is 0 Å². The zero-order valence-electron chi connectivity index (χ0n) is 23.2. The van der Waals surface area contributed by atoms with Crippen molar-refractivity contribution < 1.29 is 68.5 Å². The van der Waals surface area contributed by atoms with Gasteiger partial charge in [0.25, 0.3) is 0 Å². The van der Waals surface area contributed by atoms with Gasteiger partial charge in [0.05, 0.1) is 23.9 Å². The molecule has 0 amide bonds. The van der Waals surface area contributed by atoms with Crippen molar-refractivity contribution in [2.75, 3.05) is 13.6 Å². The first-order valence-corrected chi connectivity index (χ1v) is 13.6. The average molecular weight is 606 g/mol. The van der Waals surface area contributed by atoms with Crippen molar-refractivity contribution in [1.29, 1.82) is 0 Å². The molecule has 0 aromatic heterocycles. The first-order valence-electron chi connectivity index (χ1n) is 13.6. The molecule has 1 saturated heterocycles. The largest absolute Gasteiger partial charge is 0.504 e. The van der Waals surface area contributed by atoms with Gasteiger partial charge in [0.2, 0.25) is 6.10 Å². The third kappa shape index (κ3) is 4.86. The van der Waals surface area contributed by atoms with Crippen LogP contribution in [-0.2, 0) is 50.0 Å². The number of carbonyl (C=O) groups is 5. The summed E-state index contributed by atoms with van der Waals surface area (Å²) >= 11 is 0. The van der Waals surface area contributed by atoms with Gasteiger partial charge in [-0.3, -0.25) is 9.59 Å². The van der Waals surface area contributed by atoms with E-state index in [1.54, 1.807) is 6.07 Å². The van der Waals surface area contributed by atoms with Gasteiger partial charge >= 0.3 is 29.8 Å². The van der Waals surface area contributed by atoms with Crippen molar-refractivity contribution in [3.63, 3.8) is 0 Å². The van der Waals surface area contributed by atoms with Gasteiger partial charge in [0.15, 0.2) is 29.8 Å². The molecule has 1 aromatic carbocycles. The highest BCUT2D eigenvalue weighted by molar-refractivity contribution is 5.87. The molecule has 1 fully saturated rings. The Hall–Kier alpha value is -4.21. The number of nitrogens with zero attached hydrogens (tertiary/aromatic N) is 1. The minimum atomic E-state index is -2.09. The maximum absolute atomic E-state index is 12.8. The smallest absolute Gasteiger partial charge is 0.348 e. The van der Waals surface area contributed by atoms with Gasteiger partial charge < -0.3 is 49.4 Å². The summed E-state index contributed by atoms with van der Waals surface area (Å²) in [6.07, 6.45) is -6.13. The number of aromatic hydroxyl groups is 1. The van der Waals surface area contributed by atoms with Gasteiger partial charge in [0.1, 0.15) is 5.76 Å². The Morgan fingerprint density at radius 3 is 2.51 bits per heavy atom. The SMILES string of the molecule is C[C@H](OC(=O)[C@@H](O)CC(=O)OC1=CC[C@@]2(O)[C@H]3Cc4ccc(O)c5c4[C@@]2(CCN3C)[C@H]1O5)C(=O)O[C@@H](CC(=O)O)C(=O)O. The summed E-state index contributed by atoms with van der Waals surface area (Å²) in [6.45, 7) is 1.62. The Labute approximate surface area is 244 Å². The summed E-state index contributed by atoms with van der Waals surface area (Å²) in [6, 6.07) is 3.05. The van der Waals surface area contributed by atoms with E-state index in [0.717, 1.165) is 12.5 Å². The standard InChI is InChI=1S/C28H31NO14/c1-12(25(37)42-17(24(35)36)11-19(32)33)40-26(38)15(31)10-20(34)41-16-5-6-28(39)18-9-13-3-4-14(30)22-21(13)27(28,23(16)43-22)7-8-29(18)2/h3-5,12,15,17-18,23,30-31,39H,6-11H2,1-2H3,(H,32,33)(H,35,36)/t12-,15-,17-,18+,23-,27-,28+/m0/s1. The highest BCUT2D eigenvalue weighted by Crippen LogP contribution is 2.65. The number of aliphatic hydroxyl groups excluding tert-OH is 1. The zero-order chi connectivity index (χ0) is 31.4. The van der Waals surface area contributed by atoms with Crippen LogP contribution in [-0.4, -0.2) is 110 Å². The van der Waals surface area contributed by atoms with E-state index in [4.69, 9.17) is 24.4 Å². The molecule has 0 saturated carbocycles. The summed E-state index contributed by atoms with van der Waals surface area (Å²) < 4.78 is 21.0. The van der Waals surface area contributed by atoms with Crippen molar-refractivity contribution in [3.8, 4) is 11.5 Å². The van der Waals surface area contributed by atoms with E-state index < -0.39 is 78.1 Å². The first kappa shape index (κ1) is 30.3. The van der Waals surface area contributed by atoms with Crippen LogP contribution in [0.25, 0.3) is 0 Å². The molecule has 4 aliphatic rings. The van der Waals surface area contributed by atoms with Crippen LogP contribution < -0.4 is 4.74 Å². The van der Waals surface area contributed by atoms with Crippen LogP contribution in [0.5, 0.6) is 11.5 Å². The molecule has 43 heavy (non-hydrogen) atoms. The Bertz CT molecular complexity index is 1420. The molecule has 2 bridgehead atoms. The molecule has 7 atom stereocenters. The number of aliphatic carboxylic acids is 2. The second kappa shape index (κ2) is 10.8. The number of piperidine rings is 1. The number of rotatable bonds is 10. The molecule has 1 spiro atoms. The third-order valence-electron chi connectivity index (χ3n) is 8.74. The van der Waals surface area contributed by atoms with E-state index in [9.17, 15) is 39.3 Å². The number of hydrogen-bond donors (Lipinski definition) is 5. The van der Waals surface area contributed by atoms with Crippen LogP contribution in [0, 0.1) is 0 Å². The average Bonchev–Trinajstić information content (AvgIpc) is 3.29. The van der Waals surface area contributed by atoms with Gasteiger partial charge in [-0.15, -0.1) is 0 Å². The summed E-state index contributed by atoms with van der Waals surface area (Å²) in [5, 5.41) is 50.7. The van der Waals surface area contributed by atoms with E-state index in [2.05, 4.69) is 9.64 Å².